The highest BCUT2D eigenvalue weighted by Gasteiger charge is 2.03. The summed E-state index contributed by atoms with van der Waals surface area (Å²) in [5.41, 5.74) is 0.867. The van der Waals surface area contributed by atoms with Crippen LogP contribution in [0, 0.1) is 11.7 Å². The average molecular weight is 330 g/mol. The molecule has 0 saturated carbocycles. The number of rotatable bonds is 5. The average Bonchev–Trinajstić information content (AvgIpc) is 2.37. The van der Waals surface area contributed by atoms with E-state index >= 15 is 0 Å². The van der Waals surface area contributed by atoms with E-state index in [0.717, 1.165) is 29.0 Å². The lowest BCUT2D eigenvalue weighted by molar-refractivity contribution is 0.573. The van der Waals surface area contributed by atoms with Crippen LogP contribution in [0.15, 0.2) is 27.7 Å². The monoisotopic (exact) mass is 329 g/mol. The summed E-state index contributed by atoms with van der Waals surface area (Å²) in [5.74, 6) is 1.16. The number of hydrogen-bond acceptors (Lipinski definition) is 1. The van der Waals surface area contributed by atoms with Gasteiger partial charge in [0.1, 0.15) is 5.82 Å². The van der Waals surface area contributed by atoms with E-state index in [4.69, 9.17) is 0 Å². The molecule has 3 nitrogen and oxygen atoms in total. The van der Waals surface area contributed by atoms with Gasteiger partial charge in [0.05, 0.1) is 0 Å². The zero-order valence-corrected chi connectivity index (χ0v) is 13.2. The van der Waals surface area contributed by atoms with E-state index in [2.05, 4.69) is 45.4 Å². The van der Waals surface area contributed by atoms with Gasteiger partial charge >= 0.3 is 0 Å². The molecular formula is C14H21BrFN3. The largest absolute Gasteiger partial charge is 0.356 e. The highest BCUT2D eigenvalue weighted by atomic mass is 79.9. The Morgan fingerprint density at radius 2 is 2.11 bits per heavy atom. The van der Waals surface area contributed by atoms with Crippen molar-refractivity contribution in [3.05, 3.63) is 34.1 Å². The van der Waals surface area contributed by atoms with Gasteiger partial charge in [-0.25, -0.2) is 4.39 Å². The predicted octanol–water partition coefficient (Wildman–Crippen LogP) is 3.30. The van der Waals surface area contributed by atoms with Gasteiger partial charge in [-0.15, -0.1) is 0 Å². The molecule has 0 atom stereocenters. The van der Waals surface area contributed by atoms with Crippen LogP contribution >= 0.6 is 15.9 Å². The van der Waals surface area contributed by atoms with Gasteiger partial charge in [0.15, 0.2) is 5.96 Å². The maximum Gasteiger partial charge on any atom is 0.191 e. The molecule has 0 aromatic heterocycles. The normalized spacial score (nSPS) is 11.8. The van der Waals surface area contributed by atoms with Crippen molar-refractivity contribution in [1.82, 2.24) is 10.6 Å². The molecule has 0 saturated heterocycles. The van der Waals surface area contributed by atoms with Crippen molar-refractivity contribution in [2.45, 2.75) is 26.8 Å². The summed E-state index contributed by atoms with van der Waals surface area (Å²) >= 11 is 3.41. The number of halogens is 2. The lowest BCUT2D eigenvalue weighted by atomic mass is 10.1. The molecule has 0 unspecified atom stereocenters. The second-order valence-electron chi connectivity index (χ2n) is 4.77. The SMILES string of the molecule is CN=C(NCCC(C)C)NCc1cc(F)ccc1Br. The van der Waals surface area contributed by atoms with Crippen LogP contribution in [0.4, 0.5) is 4.39 Å². The van der Waals surface area contributed by atoms with Crippen LogP contribution in [-0.2, 0) is 6.54 Å². The zero-order valence-electron chi connectivity index (χ0n) is 11.6. The number of guanidine groups is 1. The number of nitrogens with zero attached hydrogens (tertiary/aromatic N) is 1. The predicted molar refractivity (Wildman–Crippen MR) is 81.8 cm³/mol. The molecule has 106 valence electrons. The summed E-state index contributed by atoms with van der Waals surface area (Å²) in [7, 11) is 1.73. The molecule has 0 heterocycles. The molecule has 0 radical (unpaired) electrons. The van der Waals surface area contributed by atoms with Crippen LogP contribution in [0.25, 0.3) is 0 Å². The summed E-state index contributed by atoms with van der Waals surface area (Å²) in [6, 6.07) is 4.66. The molecule has 5 heteroatoms. The number of benzene rings is 1. The van der Waals surface area contributed by atoms with E-state index in [1.165, 1.54) is 12.1 Å². The van der Waals surface area contributed by atoms with E-state index in [0.29, 0.717) is 12.5 Å². The van der Waals surface area contributed by atoms with E-state index < -0.39 is 0 Å². The number of aliphatic imine (C=N–C) groups is 1. The second kappa shape index (κ2) is 8.15. The smallest absolute Gasteiger partial charge is 0.191 e. The minimum absolute atomic E-state index is 0.234. The zero-order chi connectivity index (χ0) is 14.3. The standard InChI is InChI=1S/C14H21BrFN3/c1-10(2)6-7-18-14(17-3)19-9-11-8-12(16)4-5-13(11)15/h4-5,8,10H,6-7,9H2,1-3H3,(H2,17,18,19). The Labute approximate surface area is 122 Å². The van der Waals surface area contributed by atoms with Crippen molar-refractivity contribution in [3.8, 4) is 0 Å². The first-order valence-electron chi connectivity index (χ1n) is 6.41. The van der Waals surface area contributed by atoms with Gasteiger partial charge in [-0.3, -0.25) is 4.99 Å². The molecule has 1 aromatic carbocycles. The molecule has 2 N–H and O–H groups in total. The molecule has 1 rings (SSSR count). The first kappa shape index (κ1) is 16.0. The van der Waals surface area contributed by atoms with Crippen LogP contribution in [-0.4, -0.2) is 19.6 Å². The fourth-order valence-corrected chi connectivity index (χ4v) is 1.94. The molecule has 0 aliphatic carbocycles. The summed E-state index contributed by atoms with van der Waals surface area (Å²) in [6.45, 7) is 5.77. The lowest BCUT2D eigenvalue weighted by Crippen LogP contribution is -2.37. The van der Waals surface area contributed by atoms with E-state index in [9.17, 15) is 4.39 Å². The molecule has 19 heavy (non-hydrogen) atoms. The molecule has 0 spiro atoms. The Bertz CT molecular complexity index is 433. The maximum absolute atomic E-state index is 13.2. The second-order valence-corrected chi connectivity index (χ2v) is 5.63. The van der Waals surface area contributed by atoms with Crippen molar-refractivity contribution in [2.75, 3.05) is 13.6 Å². The molecule has 0 fully saturated rings. The van der Waals surface area contributed by atoms with Crippen LogP contribution in [0.3, 0.4) is 0 Å². The quantitative estimate of drug-likeness (QED) is 0.642. The van der Waals surface area contributed by atoms with Gasteiger partial charge in [-0.2, -0.15) is 0 Å². The number of nitrogens with one attached hydrogen (secondary N) is 2. The fourth-order valence-electron chi connectivity index (χ4n) is 1.56. The summed E-state index contributed by atoms with van der Waals surface area (Å²) in [6.07, 6.45) is 1.09. The fraction of sp³-hybridized carbons (Fsp3) is 0.500. The summed E-state index contributed by atoms with van der Waals surface area (Å²) in [5, 5.41) is 6.40. The number of hydrogen-bond donors (Lipinski definition) is 2. The summed E-state index contributed by atoms with van der Waals surface area (Å²) < 4.78 is 14.0. The molecule has 0 bridgehead atoms. The van der Waals surface area contributed by atoms with Crippen LogP contribution in [0.5, 0.6) is 0 Å². The molecular weight excluding hydrogens is 309 g/mol. The van der Waals surface area contributed by atoms with Crippen molar-refractivity contribution in [2.24, 2.45) is 10.9 Å². The minimum Gasteiger partial charge on any atom is -0.356 e. The van der Waals surface area contributed by atoms with Gasteiger partial charge in [0.2, 0.25) is 0 Å². The molecule has 0 aliphatic heterocycles. The maximum atomic E-state index is 13.2. The Hall–Kier alpha value is -1.10. The van der Waals surface area contributed by atoms with E-state index in [-0.39, 0.29) is 5.82 Å². The Balaban J connectivity index is 2.47. The third-order valence-electron chi connectivity index (χ3n) is 2.69. The van der Waals surface area contributed by atoms with Crippen LogP contribution in [0.1, 0.15) is 25.8 Å². The highest BCUT2D eigenvalue weighted by molar-refractivity contribution is 9.10. The topological polar surface area (TPSA) is 36.4 Å². The summed E-state index contributed by atoms with van der Waals surface area (Å²) in [4.78, 5) is 4.14. The first-order chi connectivity index (χ1) is 9.02. The van der Waals surface area contributed by atoms with Gasteiger partial charge in [0, 0.05) is 24.6 Å². The minimum atomic E-state index is -0.234. The Kier molecular flexibility index (Phi) is 6.84. The van der Waals surface area contributed by atoms with Crippen molar-refractivity contribution in [1.29, 1.82) is 0 Å². The first-order valence-corrected chi connectivity index (χ1v) is 7.20. The Morgan fingerprint density at radius 3 is 2.74 bits per heavy atom. The molecule has 0 amide bonds. The Morgan fingerprint density at radius 1 is 1.37 bits per heavy atom. The third kappa shape index (κ3) is 6.05. The van der Waals surface area contributed by atoms with Crippen molar-refractivity contribution >= 4 is 21.9 Å². The molecule has 0 aliphatic rings. The van der Waals surface area contributed by atoms with Gasteiger partial charge < -0.3 is 10.6 Å². The van der Waals surface area contributed by atoms with Gasteiger partial charge in [0.25, 0.3) is 0 Å². The van der Waals surface area contributed by atoms with Gasteiger partial charge in [-0.1, -0.05) is 29.8 Å². The van der Waals surface area contributed by atoms with Gasteiger partial charge in [-0.05, 0) is 36.1 Å². The van der Waals surface area contributed by atoms with Crippen LogP contribution < -0.4 is 10.6 Å². The lowest BCUT2D eigenvalue weighted by Gasteiger charge is -2.13. The van der Waals surface area contributed by atoms with Crippen LogP contribution in [0.2, 0.25) is 0 Å². The van der Waals surface area contributed by atoms with Crippen molar-refractivity contribution < 1.29 is 4.39 Å². The molecule has 1 aromatic rings. The highest BCUT2D eigenvalue weighted by Crippen LogP contribution is 2.17. The third-order valence-corrected chi connectivity index (χ3v) is 3.47. The van der Waals surface area contributed by atoms with Crippen molar-refractivity contribution in [3.63, 3.8) is 0 Å². The van der Waals surface area contributed by atoms with E-state index in [1.807, 2.05) is 0 Å². The van der Waals surface area contributed by atoms with E-state index in [1.54, 1.807) is 13.1 Å².